The van der Waals surface area contributed by atoms with Gasteiger partial charge in [0.05, 0.1) is 13.0 Å². The van der Waals surface area contributed by atoms with Gasteiger partial charge in [0, 0.05) is 17.7 Å². The molecule has 1 aliphatic rings. The maximum atomic E-state index is 12.1. The van der Waals surface area contributed by atoms with Crippen molar-refractivity contribution < 1.29 is 14.3 Å². The first kappa shape index (κ1) is 16.0. The van der Waals surface area contributed by atoms with Crippen LogP contribution in [0.1, 0.15) is 34.7 Å². The van der Waals surface area contributed by atoms with E-state index in [2.05, 4.69) is 5.32 Å². The van der Waals surface area contributed by atoms with E-state index in [0.29, 0.717) is 18.4 Å². The molecule has 0 saturated carbocycles. The SMILES string of the molecule is COc1ccc(C(=O)C/C=C/C[C@H]2C(=O)Nc3ccccc32)cc1. The minimum atomic E-state index is -0.173. The molecule has 3 rings (SSSR count). The van der Waals surface area contributed by atoms with E-state index in [1.54, 1.807) is 31.4 Å². The summed E-state index contributed by atoms with van der Waals surface area (Å²) < 4.78 is 5.08. The van der Waals surface area contributed by atoms with Crippen molar-refractivity contribution >= 4 is 17.4 Å². The molecule has 0 bridgehead atoms. The number of hydrogen-bond acceptors (Lipinski definition) is 3. The number of Topliss-reactive ketones (excluding diaryl/α,β-unsaturated/α-hetero) is 1. The largest absolute Gasteiger partial charge is 0.497 e. The second-order valence-corrected chi connectivity index (χ2v) is 5.69. The highest BCUT2D eigenvalue weighted by molar-refractivity contribution is 6.03. The summed E-state index contributed by atoms with van der Waals surface area (Å²) in [4.78, 5) is 24.1. The molecule has 1 amide bonds. The topological polar surface area (TPSA) is 55.4 Å². The Labute approximate surface area is 141 Å². The fraction of sp³-hybridized carbons (Fsp3) is 0.200. The Morgan fingerprint density at radius 1 is 1.12 bits per heavy atom. The zero-order valence-electron chi connectivity index (χ0n) is 13.5. The maximum absolute atomic E-state index is 12.1. The van der Waals surface area contributed by atoms with Crippen molar-refractivity contribution in [2.45, 2.75) is 18.8 Å². The summed E-state index contributed by atoms with van der Waals surface area (Å²) in [6.07, 6.45) is 4.66. The van der Waals surface area contributed by atoms with Crippen molar-refractivity contribution in [3.8, 4) is 5.75 Å². The molecule has 24 heavy (non-hydrogen) atoms. The zero-order chi connectivity index (χ0) is 16.9. The van der Waals surface area contributed by atoms with E-state index < -0.39 is 0 Å². The molecule has 1 atom stereocenters. The van der Waals surface area contributed by atoms with Gasteiger partial charge in [-0.25, -0.2) is 0 Å². The van der Waals surface area contributed by atoms with Crippen molar-refractivity contribution in [1.29, 1.82) is 0 Å². The molecule has 1 heterocycles. The van der Waals surface area contributed by atoms with Crippen LogP contribution in [0.15, 0.2) is 60.7 Å². The molecule has 0 saturated heterocycles. The van der Waals surface area contributed by atoms with E-state index >= 15 is 0 Å². The van der Waals surface area contributed by atoms with Crippen LogP contribution in [0.3, 0.4) is 0 Å². The van der Waals surface area contributed by atoms with Gasteiger partial charge in [0.25, 0.3) is 0 Å². The molecule has 0 aromatic heterocycles. The molecule has 2 aromatic rings. The third-order valence-corrected chi connectivity index (χ3v) is 4.16. The van der Waals surface area contributed by atoms with Crippen molar-refractivity contribution in [2.75, 3.05) is 12.4 Å². The van der Waals surface area contributed by atoms with E-state index in [9.17, 15) is 9.59 Å². The molecule has 4 heteroatoms. The van der Waals surface area contributed by atoms with E-state index in [4.69, 9.17) is 4.74 Å². The van der Waals surface area contributed by atoms with Crippen LogP contribution >= 0.6 is 0 Å². The number of carbonyl (C=O) groups is 2. The molecule has 2 aromatic carbocycles. The van der Waals surface area contributed by atoms with Crippen LogP contribution in [0.25, 0.3) is 0 Å². The second kappa shape index (κ2) is 7.13. The Balaban J connectivity index is 1.57. The lowest BCUT2D eigenvalue weighted by atomic mass is 9.97. The van der Waals surface area contributed by atoms with Gasteiger partial charge in [-0.2, -0.15) is 0 Å². The highest BCUT2D eigenvalue weighted by atomic mass is 16.5. The highest BCUT2D eigenvalue weighted by Crippen LogP contribution is 2.34. The number of ketones is 1. The second-order valence-electron chi connectivity index (χ2n) is 5.69. The molecular formula is C20H19NO3. The number of benzene rings is 2. The van der Waals surface area contributed by atoms with Gasteiger partial charge in [0.15, 0.2) is 5.78 Å². The molecular weight excluding hydrogens is 302 g/mol. The van der Waals surface area contributed by atoms with Crippen LogP contribution in [0.4, 0.5) is 5.69 Å². The normalized spacial score (nSPS) is 16.0. The van der Waals surface area contributed by atoms with Crippen molar-refractivity contribution in [3.05, 3.63) is 71.8 Å². The smallest absolute Gasteiger partial charge is 0.232 e. The van der Waals surface area contributed by atoms with Crippen LogP contribution in [0.5, 0.6) is 5.75 Å². The number of para-hydroxylation sites is 1. The van der Waals surface area contributed by atoms with Gasteiger partial charge in [-0.3, -0.25) is 9.59 Å². The average molecular weight is 321 g/mol. The predicted octanol–water partition coefficient (Wildman–Crippen LogP) is 3.95. The Kier molecular flexibility index (Phi) is 4.75. The van der Waals surface area contributed by atoms with Crippen LogP contribution in [0, 0.1) is 0 Å². The van der Waals surface area contributed by atoms with Gasteiger partial charge in [0.2, 0.25) is 5.91 Å². The number of carbonyl (C=O) groups excluding carboxylic acids is 2. The number of amides is 1. The third kappa shape index (κ3) is 3.38. The molecule has 0 radical (unpaired) electrons. The Morgan fingerprint density at radius 2 is 1.88 bits per heavy atom. The van der Waals surface area contributed by atoms with E-state index in [0.717, 1.165) is 17.0 Å². The van der Waals surface area contributed by atoms with Crippen LogP contribution in [-0.4, -0.2) is 18.8 Å². The minimum absolute atomic E-state index is 0.0160. The summed E-state index contributed by atoms with van der Waals surface area (Å²) >= 11 is 0. The van der Waals surface area contributed by atoms with E-state index in [1.165, 1.54) is 0 Å². The number of allylic oxidation sites excluding steroid dienone is 2. The summed E-state index contributed by atoms with van der Waals surface area (Å²) in [5.41, 5.74) is 2.56. The maximum Gasteiger partial charge on any atom is 0.232 e. The Morgan fingerprint density at radius 3 is 2.62 bits per heavy atom. The molecule has 0 fully saturated rings. The first-order valence-electron chi connectivity index (χ1n) is 7.91. The standard InChI is InChI=1S/C20H19NO3/c1-24-15-12-10-14(11-13-15)19(22)9-5-3-7-17-16-6-2-4-8-18(16)21-20(17)23/h2-6,8,10-13,17H,7,9H2,1H3,(H,21,23)/b5-3+/t17-/m1/s1. The van der Waals surface area contributed by atoms with Crippen molar-refractivity contribution in [3.63, 3.8) is 0 Å². The Hall–Kier alpha value is -2.88. The average Bonchev–Trinajstić information content (AvgIpc) is 2.94. The van der Waals surface area contributed by atoms with Gasteiger partial charge in [-0.1, -0.05) is 30.4 Å². The Bertz CT molecular complexity index is 778. The molecule has 0 unspecified atom stereocenters. The number of fused-ring (bicyclic) bond motifs is 1. The fourth-order valence-electron chi connectivity index (χ4n) is 2.83. The summed E-state index contributed by atoms with van der Waals surface area (Å²) in [6, 6.07) is 14.8. The summed E-state index contributed by atoms with van der Waals surface area (Å²) in [7, 11) is 1.59. The number of rotatable bonds is 6. The summed E-state index contributed by atoms with van der Waals surface area (Å²) in [6.45, 7) is 0. The third-order valence-electron chi connectivity index (χ3n) is 4.16. The van der Waals surface area contributed by atoms with Gasteiger partial charge >= 0.3 is 0 Å². The predicted molar refractivity (Wildman–Crippen MR) is 93.5 cm³/mol. The number of hydrogen-bond donors (Lipinski definition) is 1. The van der Waals surface area contributed by atoms with Crippen molar-refractivity contribution in [2.24, 2.45) is 0 Å². The number of anilines is 1. The van der Waals surface area contributed by atoms with Crippen molar-refractivity contribution in [1.82, 2.24) is 0 Å². The van der Waals surface area contributed by atoms with Crippen LogP contribution < -0.4 is 10.1 Å². The zero-order valence-corrected chi connectivity index (χ0v) is 13.5. The lowest BCUT2D eigenvalue weighted by Gasteiger charge is -2.04. The first-order valence-corrected chi connectivity index (χ1v) is 7.91. The molecule has 0 aliphatic carbocycles. The highest BCUT2D eigenvalue weighted by Gasteiger charge is 2.28. The summed E-state index contributed by atoms with van der Waals surface area (Å²) in [5, 5.41) is 2.88. The van der Waals surface area contributed by atoms with E-state index in [1.807, 2.05) is 36.4 Å². The van der Waals surface area contributed by atoms with Crippen LogP contribution in [0.2, 0.25) is 0 Å². The number of nitrogens with one attached hydrogen (secondary N) is 1. The van der Waals surface area contributed by atoms with Gasteiger partial charge < -0.3 is 10.1 Å². The van der Waals surface area contributed by atoms with Gasteiger partial charge in [0.1, 0.15) is 5.75 Å². The molecule has 1 N–H and O–H groups in total. The number of ether oxygens (including phenoxy) is 1. The molecule has 122 valence electrons. The van der Waals surface area contributed by atoms with Gasteiger partial charge in [-0.15, -0.1) is 0 Å². The molecule has 1 aliphatic heterocycles. The quantitative estimate of drug-likeness (QED) is 0.647. The number of methoxy groups -OCH3 is 1. The first-order chi connectivity index (χ1) is 11.7. The lowest BCUT2D eigenvalue weighted by molar-refractivity contribution is -0.116. The summed E-state index contributed by atoms with van der Waals surface area (Å²) in [5.74, 6) is 0.619. The minimum Gasteiger partial charge on any atom is -0.497 e. The lowest BCUT2D eigenvalue weighted by Crippen LogP contribution is -2.11. The molecule has 4 nitrogen and oxygen atoms in total. The van der Waals surface area contributed by atoms with Crippen LogP contribution in [-0.2, 0) is 4.79 Å². The van der Waals surface area contributed by atoms with E-state index in [-0.39, 0.29) is 17.6 Å². The van der Waals surface area contributed by atoms with Gasteiger partial charge in [-0.05, 0) is 42.3 Å². The molecule has 0 spiro atoms. The fourth-order valence-corrected chi connectivity index (χ4v) is 2.83. The monoisotopic (exact) mass is 321 g/mol.